The molecular weight excluding hydrogens is 136 g/mol. The van der Waals surface area contributed by atoms with Gasteiger partial charge in [0.25, 0.3) is 0 Å². The third-order valence-corrected chi connectivity index (χ3v) is 2.41. The first-order valence-corrected chi connectivity index (χ1v) is 4.42. The molecule has 1 aliphatic rings. The van der Waals surface area contributed by atoms with Crippen molar-refractivity contribution < 1.29 is 0 Å². The van der Waals surface area contributed by atoms with Crippen LogP contribution in [0.25, 0.3) is 0 Å². The monoisotopic (exact) mass is 154 g/mol. The molecule has 1 heterocycles. The lowest BCUT2D eigenvalue weighted by atomic mass is 9.97. The number of hydrogen-bond acceptors (Lipinski definition) is 2. The van der Waals surface area contributed by atoms with Gasteiger partial charge < -0.3 is 10.6 Å². The van der Waals surface area contributed by atoms with Gasteiger partial charge in [-0.15, -0.1) is 6.58 Å². The second-order valence-corrected chi connectivity index (χ2v) is 3.20. The van der Waals surface area contributed by atoms with Gasteiger partial charge >= 0.3 is 0 Å². The van der Waals surface area contributed by atoms with Crippen LogP contribution in [-0.4, -0.2) is 31.1 Å². The molecule has 0 atom stereocenters. The number of piperidine rings is 1. The van der Waals surface area contributed by atoms with E-state index in [1.807, 2.05) is 0 Å². The maximum atomic E-state index is 5.46. The van der Waals surface area contributed by atoms with Gasteiger partial charge in [0.2, 0.25) is 0 Å². The van der Waals surface area contributed by atoms with Crippen LogP contribution in [0.3, 0.4) is 0 Å². The molecule has 1 aliphatic heterocycles. The van der Waals surface area contributed by atoms with Crippen molar-refractivity contribution in [3.8, 4) is 0 Å². The van der Waals surface area contributed by atoms with Gasteiger partial charge in [0.05, 0.1) is 0 Å². The van der Waals surface area contributed by atoms with Crippen LogP contribution in [0.4, 0.5) is 0 Å². The molecule has 0 saturated carbocycles. The van der Waals surface area contributed by atoms with Crippen molar-refractivity contribution in [1.82, 2.24) is 4.90 Å². The maximum Gasteiger partial charge on any atom is 0.0105 e. The topological polar surface area (TPSA) is 29.3 Å². The minimum Gasteiger partial charge on any atom is -0.329 e. The molecule has 0 aromatic heterocycles. The molecule has 1 fully saturated rings. The van der Waals surface area contributed by atoms with Crippen LogP contribution >= 0.6 is 0 Å². The van der Waals surface area contributed by atoms with Crippen molar-refractivity contribution in [3.05, 3.63) is 12.7 Å². The number of likely N-dealkylation sites (tertiary alicyclic amines) is 1. The normalized spacial score (nSPS) is 21.9. The summed E-state index contributed by atoms with van der Waals surface area (Å²) in [5.41, 5.74) is 5.46. The van der Waals surface area contributed by atoms with E-state index in [9.17, 15) is 0 Å². The van der Waals surface area contributed by atoms with Crippen molar-refractivity contribution in [2.45, 2.75) is 12.8 Å². The number of allylic oxidation sites excluding steroid dienone is 1. The van der Waals surface area contributed by atoms with Gasteiger partial charge in [-0.2, -0.15) is 0 Å². The Hall–Kier alpha value is -0.340. The summed E-state index contributed by atoms with van der Waals surface area (Å²) in [6.07, 6.45) is 4.62. The minimum absolute atomic E-state index is 0.754. The lowest BCUT2D eigenvalue weighted by Gasteiger charge is -2.29. The zero-order valence-electron chi connectivity index (χ0n) is 7.13. The molecule has 0 unspecified atom stereocenters. The molecule has 11 heavy (non-hydrogen) atoms. The van der Waals surface area contributed by atoms with Gasteiger partial charge in [0, 0.05) is 13.1 Å². The van der Waals surface area contributed by atoms with Crippen LogP contribution in [0.5, 0.6) is 0 Å². The van der Waals surface area contributed by atoms with Gasteiger partial charge in [-0.1, -0.05) is 6.08 Å². The van der Waals surface area contributed by atoms with Crippen molar-refractivity contribution in [1.29, 1.82) is 0 Å². The van der Waals surface area contributed by atoms with Crippen molar-refractivity contribution in [3.63, 3.8) is 0 Å². The molecule has 0 aromatic carbocycles. The smallest absolute Gasteiger partial charge is 0.0105 e. The van der Waals surface area contributed by atoms with E-state index < -0.39 is 0 Å². The van der Waals surface area contributed by atoms with Crippen LogP contribution < -0.4 is 5.73 Å². The second-order valence-electron chi connectivity index (χ2n) is 3.20. The molecule has 0 radical (unpaired) electrons. The first-order chi connectivity index (χ1) is 5.36. The van der Waals surface area contributed by atoms with E-state index >= 15 is 0 Å². The molecular formula is C9H18N2. The van der Waals surface area contributed by atoms with Crippen LogP contribution in [0, 0.1) is 5.92 Å². The van der Waals surface area contributed by atoms with E-state index in [1.165, 1.54) is 25.9 Å². The molecule has 2 heteroatoms. The Bertz CT molecular complexity index is 115. The predicted molar refractivity (Wildman–Crippen MR) is 48.4 cm³/mol. The fraction of sp³-hybridized carbons (Fsp3) is 0.778. The highest BCUT2D eigenvalue weighted by molar-refractivity contribution is 4.84. The van der Waals surface area contributed by atoms with Crippen molar-refractivity contribution >= 4 is 0 Å². The summed E-state index contributed by atoms with van der Waals surface area (Å²) in [5, 5.41) is 0. The molecule has 1 saturated heterocycles. The Morgan fingerprint density at radius 3 is 2.55 bits per heavy atom. The van der Waals surface area contributed by atoms with Gasteiger partial charge in [0.1, 0.15) is 0 Å². The average molecular weight is 154 g/mol. The summed E-state index contributed by atoms with van der Waals surface area (Å²) in [6.45, 7) is 8.07. The quantitative estimate of drug-likeness (QED) is 0.610. The predicted octanol–water partition coefficient (Wildman–Crippen LogP) is 0.843. The summed E-state index contributed by atoms with van der Waals surface area (Å²) in [7, 11) is 0. The van der Waals surface area contributed by atoms with Gasteiger partial charge in [-0.25, -0.2) is 0 Å². The summed E-state index contributed by atoms with van der Waals surface area (Å²) < 4.78 is 0. The van der Waals surface area contributed by atoms with Crippen molar-refractivity contribution in [2.75, 3.05) is 26.2 Å². The van der Waals surface area contributed by atoms with Gasteiger partial charge in [-0.05, 0) is 31.8 Å². The van der Waals surface area contributed by atoms with Gasteiger partial charge in [0.15, 0.2) is 0 Å². The lowest BCUT2D eigenvalue weighted by Crippen LogP contribution is -2.36. The molecule has 64 valence electrons. The SMILES string of the molecule is C=CC1CCN(CCN)CC1. The summed E-state index contributed by atoms with van der Waals surface area (Å²) in [5.74, 6) is 0.754. The number of hydrogen-bond donors (Lipinski definition) is 1. The zero-order chi connectivity index (χ0) is 8.10. The maximum absolute atomic E-state index is 5.46. The molecule has 2 nitrogen and oxygen atoms in total. The van der Waals surface area contributed by atoms with Gasteiger partial charge in [-0.3, -0.25) is 0 Å². The molecule has 0 aliphatic carbocycles. The molecule has 0 aromatic rings. The number of nitrogens with two attached hydrogens (primary N) is 1. The zero-order valence-corrected chi connectivity index (χ0v) is 7.13. The fourth-order valence-corrected chi connectivity index (χ4v) is 1.59. The third kappa shape index (κ3) is 2.64. The summed E-state index contributed by atoms with van der Waals surface area (Å²) >= 11 is 0. The molecule has 0 bridgehead atoms. The second kappa shape index (κ2) is 4.52. The van der Waals surface area contributed by atoms with E-state index in [0.29, 0.717) is 0 Å². The summed E-state index contributed by atoms with van der Waals surface area (Å²) in [4.78, 5) is 2.43. The van der Waals surface area contributed by atoms with Crippen molar-refractivity contribution in [2.24, 2.45) is 11.7 Å². The number of rotatable bonds is 3. The standard InChI is InChI=1S/C9H18N2/c1-2-9-3-6-11(7-4-9)8-5-10/h2,9H,1,3-8,10H2. The highest BCUT2D eigenvalue weighted by Crippen LogP contribution is 2.16. The van der Waals surface area contributed by atoms with E-state index in [2.05, 4.69) is 17.6 Å². The average Bonchev–Trinajstić information content (AvgIpc) is 2.07. The molecule has 2 N–H and O–H groups in total. The Balaban J connectivity index is 2.18. The third-order valence-electron chi connectivity index (χ3n) is 2.41. The lowest BCUT2D eigenvalue weighted by molar-refractivity contribution is 0.208. The van der Waals surface area contributed by atoms with E-state index in [-0.39, 0.29) is 0 Å². The highest BCUT2D eigenvalue weighted by atomic mass is 15.1. The van der Waals surface area contributed by atoms with Crippen LogP contribution in [0.2, 0.25) is 0 Å². The van der Waals surface area contributed by atoms with E-state index in [4.69, 9.17) is 5.73 Å². The molecule has 0 spiro atoms. The Labute approximate surface area is 69.1 Å². The van der Waals surface area contributed by atoms with E-state index in [0.717, 1.165) is 19.0 Å². The minimum atomic E-state index is 0.754. The molecule has 1 rings (SSSR count). The summed E-state index contributed by atoms with van der Waals surface area (Å²) in [6, 6.07) is 0. The van der Waals surface area contributed by atoms with Crippen LogP contribution in [0.15, 0.2) is 12.7 Å². The first kappa shape index (κ1) is 8.75. The molecule has 0 amide bonds. The fourth-order valence-electron chi connectivity index (χ4n) is 1.59. The Morgan fingerprint density at radius 2 is 2.09 bits per heavy atom. The highest BCUT2D eigenvalue weighted by Gasteiger charge is 2.15. The Morgan fingerprint density at radius 1 is 1.45 bits per heavy atom. The number of nitrogens with zero attached hydrogens (tertiary/aromatic N) is 1. The van der Waals surface area contributed by atoms with Crippen LogP contribution in [0.1, 0.15) is 12.8 Å². The Kier molecular flexibility index (Phi) is 3.60. The first-order valence-electron chi connectivity index (χ1n) is 4.42. The van der Waals surface area contributed by atoms with E-state index in [1.54, 1.807) is 0 Å². The largest absolute Gasteiger partial charge is 0.329 e. The van der Waals surface area contributed by atoms with Crippen LogP contribution in [-0.2, 0) is 0 Å².